The highest BCUT2D eigenvalue weighted by atomic mass is 32.2. The predicted molar refractivity (Wildman–Crippen MR) is 170 cm³/mol. The molecule has 0 radical (unpaired) electrons. The third-order valence-corrected chi connectivity index (χ3v) is 14.8. The number of ether oxygens (including phenoxy) is 1. The summed E-state index contributed by atoms with van der Waals surface area (Å²) in [6.07, 6.45) is 15.0. The molecule has 10 heteroatoms. The van der Waals surface area contributed by atoms with Gasteiger partial charge in [0.25, 0.3) is 0 Å². The Labute approximate surface area is 272 Å². The zero-order valence-corrected chi connectivity index (χ0v) is 29.2. The molecule has 0 heterocycles. The van der Waals surface area contributed by atoms with Crippen LogP contribution in [-0.4, -0.2) is 31.4 Å². The molecule has 4 aliphatic rings. The highest BCUT2D eigenvalue weighted by Gasteiger charge is 2.60. The van der Waals surface area contributed by atoms with Crippen molar-refractivity contribution in [1.29, 1.82) is 0 Å². The van der Waals surface area contributed by atoms with E-state index >= 15 is 0 Å². The van der Waals surface area contributed by atoms with Gasteiger partial charge >= 0.3 is 10.1 Å². The van der Waals surface area contributed by atoms with E-state index in [2.05, 4.69) is 34.6 Å². The Balaban J connectivity index is 1.15. The Morgan fingerprint density at radius 3 is 2.16 bits per heavy atom. The van der Waals surface area contributed by atoms with Crippen molar-refractivity contribution < 1.29 is 35.3 Å². The minimum Gasteiger partial charge on any atom is -0.377 e. The highest BCUT2D eigenvalue weighted by Crippen LogP contribution is 2.68. The fourth-order valence-corrected chi connectivity index (χ4v) is 12.1. The molecule has 1 aromatic carbocycles. The maximum Gasteiger partial charge on any atom is 0.300 e. The lowest BCUT2D eigenvalue weighted by atomic mass is 9.44. The fraction of sp³-hybridized carbons (Fsp3) is 0.829. The van der Waals surface area contributed by atoms with Crippen molar-refractivity contribution in [2.75, 3.05) is 12.4 Å². The van der Waals surface area contributed by atoms with Crippen molar-refractivity contribution in [3.05, 3.63) is 23.3 Å². The molecule has 0 bridgehead atoms. The first-order chi connectivity index (χ1) is 21.1. The summed E-state index contributed by atoms with van der Waals surface area (Å²) in [5, 5.41) is 0. The Morgan fingerprint density at radius 1 is 0.867 bits per heavy atom. The van der Waals surface area contributed by atoms with Crippen LogP contribution in [0.4, 0.5) is 17.6 Å². The molecule has 4 saturated carbocycles. The van der Waals surface area contributed by atoms with E-state index in [-0.39, 0.29) is 18.5 Å². The molecule has 1 aromatic rings. The summed E-state index contributed by atoms with van der Waals surface area (Å²) in [7, 11) is -5.47. The fourth-order valence-electron chi connectivity index (χ4n) is 10.7. The minimum absolute atomic E-state index is 0.0294. The molecule has 0 spiro atoms. The molecule has 6 unspecified atom stereocenters. The van der Waals surface area contributed by atoms with Gasteiger partial charge in [0.1, 0.15) is 0 Å². The van der Waals surface area contributed by atoms with Crippen molar-refractivity contribution in [1.82, 2.24) is 0 Å². The van der Waals surface area contributed by atoms with Gasteiger partial charge in [0.15, 0.2) is 28.2 Å². The van der Waals surface area contributed by atoms with E-state index in [0.717, 1.165) is 54.8 Å². The summed E-state index contributed by atoms with van der Waals surface area (Å²) in [5.41, 5.74) is 0.771. The van der Waals surface area contributed by atoms with Crippen LogP contribution in [0.2, 0.25) is 0 Å². The average Bonchev–Trinajstić information content (AvgIpc) is 3.32. The van der Waals surface area contributed by atoms with Crippen LogP contribution in [0.5, 0.6) is 0 Å². The van der Waals surface area contributed by atoms with Gasteiger partial charge < -0.3 is 4.74 Å². The number of fused-ring (bicyclic) bond motifs is 5. The van der Waals surface area contributed by atoms with E-state index in [1.807, 2.05) is 0 Å². The highest BCUT2D eigenvalue weighted by molar-refractivity contribution is 7.99. The van der Waals surface area contributed by atoms with E-state index in [1.54, 1.807) is 0 Å². The lowest BCUT2D eigenvalue weighted by Crippen LogP contribution is -2.54. The minimum atomic E-state index is -5.47. The van der Waals surface area contributed by atoms with E-state index in [0.29, 0.717) is 28.5 Å². The molecule has 0 aliphatic heterocycles. The molecule has 0 aromatic heterocycles. The number of thioether (sulfide) groups is 1. The second-order valence-corrected chi connectivity index (χ2v) is 18.2. The summed E-state index contributed by atoms with van der Waals surface area (Å²) in [4.78, 5) is -2.97. The van der Waals surface area contributed by atoms with E-state index in [9.17, 15) is 26.0 Å². The summed E-state index contributed by atoms with van der Waals surface area (Å²) in [6, 6.07) is 0. The summed E-state index contributed by atoms with van der Waals surface area (Å²) < 4.78 is 94.6. The zero-order valence-electron chi connectivity index (χ0n) is 27.5. The quantitative estimate of drug-likeness (QED) is 0.0831. The molecule has 5 rings (SSSR count). The van der Waals surface area contributed by atoms with Crippen LogP contribution in [0.15, 0.2) is 9.79 Å². The second-order valence-electron chi connectivity index (χ2n) is 15.7. The third-order valence-electron chi connectivity index (χ3n) is 12.9. The SMILES string of the molecule is CC(C)CCCC(C)C1CCC2C3CCC4C[C@@H](OCCSc5c(F)c(F)c(S(=O)(=O)O)c(F)c5F)CC[C@]4(C)C3CC[C@]12C. The number of halogens is 4. The van der Waals surface area contributed by atoms with Crippen LogP contribution in [0.1, 0.15) is 112 Å². The lowest BCUT2D eigenvalue weighted by molar-refractivity contribution is -0.135. The van der Waals surface area contributed by atoms with Gasteiger partial charge in [0.05, 0.1) is 17.6 Å². The Morgan fingerprint density at radius 2 is 1.51 bits per heavy atom. The normalized spacial score (nSPS) is 35.6. The molecular weight excluding hydrogens is 625 g/mol. The van der Waals surface area contributed by atoms with E-state index < -0.39 is 43.2 Å². The maximum atomic E-state index is 14.4. The third kappa shape index (κ3) is 6.74. The van der Waals surface area contributed by atoms with E-state index in [1.165, 1.54) is 57.8 Å². The molecule has 9 atom stereocenters. The average molecular weight is 677 g/mol. The number of rotatable bonds is 11. The van der Waals surface area contributed by atoms with Crippen LogP contribution in [0, 0.1) is 75.5 Å². The van der Waals surface area contributed by atoms with Crippen molar-refractivity contribution in [2.24, 2.45) is 52.3 Å². The first kappa shape index (κ1) is 35.5. The van der Waals surface area contributed by atoms with Crippen molar-refractivity contribution in [3.63, 3.8) is 0 Å². The molecule has 1 N–H and O–H groups in total. The van der Waals surface area contributed by atoms with Crippen molar-refractivity contribution in [2.45, 2.75) is 128 Å². The molecule has 4 nitrogen and oxygen atoms in total. The van der Waals surface area contributed by atoms with Crippen LogP contribution < -0.4 is 0 Å². The van der Waals surface area contributed by atoms with Crippen LogP contribution >= 0.6 is 11.8 Å². The van der Waals surface area contributed by atoms with Crippen molar-refractivity contribution in [3.8, 4) is 0 Å². The maximum absolute atomic E-state index is 14.4. The van der Waals surface area contributed by atoms with Gasteiger partial charge in [-0.1, -0.05) is 53.9 Å². The van der Waals surface area contributed by atoms with Crippen molar-refractivity contribution >= 4 is 21.9 Å². The number of hydrogen-bond donors (Lipinski definition) is 1. The van der Waals surface area contributed by atoms with Gasteiger partial charge in [0, 0.05) is 5.75 Å². The largest absolute Gasteiger partial charge is 0.377 e. The molecule has 45 heavy (non-hydrogen) atoms. The molecule has 4 aliphatic carbocycles. The smallest absolute Gasteiger partial charge is 0.300 e. The Kier molecular flexibility index (Phi) is 10.7. The van der Waals surface area contributed by atoms with Crippen LogP contribution in [-0.2, 0) is 14.9 Å². The lowest BCUT2D eigenvalue weighted by Gasteiger charge is -2.61. The molecule has 256 valence electrons. The number of benzene rings is 1. The van der Waals surface area contributed by atoms with Gasteiger partial charge in [0.2, 0.25) is 0 Å². The first-order valence-corrected chi connectivity index (χ1v) is 19.6. The summed E-state index contributed by atoms with van der Waals surface area (Å²) in [5.74, 6) is -2.50. The second kappa shape index (κ2) is 13.6. The zero-order chi connectivity index (χ0) is 32.9. The molecule has 4 fully saturated rings. The van der Waals surface area contributed by atoms with Gasteiger partial charge in [-0.15, -0.1) is 11.8 Å². The summed E-state index contributed by atoms with van der Waals surface area (Å²) in [6.45, 7) is 12.5. The predicted octanol–water partition coefficient (Wildman–Crippen LogP) is 10.1. The monoisotopic (exact) mass is 676 g/mol. The number of hydrogen-bond acceptors (Lipinski definition) is 4. The molecule has 0 saturated heterocycles. The molecule has 0 amide bonds. The summed E-state index contributed by atoms with van der Waals surface area (Å²) >= 11 is 0.531. The topological polar surface area (TPSA) is 63.6 Å². The van der Waals surface area contributed by atoms with Gasteiger partial charge in [-0.2, -0.15) is 8.42 Å². The molecular formula is C35H52F4O4S2. The van der Waals surface area contributed by atoms with Crippen LogP contribution in [0.25, 0.3) is 0 Å². The van der Waals surface area contributed by atoms with Gasteiger partial charge in [-0.05, 0) is 110 Å². The van der Waals surface area contributed by atoms with Gasteiger partial charge in [-0.3, -0.25) is 4.55 Å². The van der Waals surface area contributed by atoms with Gasteiger partial charge in [-0.25, -0.2) is 17.6 Å². The Hall–Kier alpha value is -0.840. The standard InChI is InChI=1S/C35H52F4O4S2/c1-20(2)7-6-8-21(3)25-11-12-26-24-10-9-22-19-23(13-15-34(22,4)27(24)14-16-35(25,26)5)43-17-18-44-32-28(36)30(38)33(45(40,41)42)31(39)29(32)37/h20-27H,6-19H2,1-5H3,(H,40,41,42)/t21?,22?,23-,24?,25?,26?,27?,34-,35+/m0/s1. The van der Waals surface area contributed by atoms with Crippen LogP contribution in [0.3, 0.4) is 0 Å². The van der Waals surface area contributed by atoms with E-state index in [4.69, 9.17) is 9.29 Å². The first-order valence-electron chi connectivity index (χ1n) is 17.2. The Bertz CT molecular complexity index is 1310.